The second kappa shape index (κ2) is 5.79. The Bertz CT molecular complexity index is 754. The van der Waals surface area contributed by atoms with E-state index in [2.05, 4.69) is 13.8 Å². The highest BCUT2D eigenvalue weighted by Crippen LogP contribution is 2.63. The Balaban J connectivity index is 1.93. The first-order valence-electron chi connectivity index (χ1n) is 7.83. The average Bonchev–Trinajstić information content (AvgIpc) is 3.10. The van der Waals surface area contributed by atoms with Crippen LogP contribution in [-0.2, 0) is 19.5 Å². The number of rotatable bonds is 5. The van der Waals surface area contributed by atoms with E-state index in [9.17, 15) is 13.2 Å². The Morgan fingerprint density at radius 3 is 2.71 bits per heavy atom. The van der Waals surface area contributed by atoms with E-state index in [1.807, 2.05) is 0 Å². The zero-order valence-corrected chi connectivity index (χ0v) is 16.0. The molecule has 24 heavy (non-hydrogen) atoms. The van der Waals surface area contributed by atoms with E-state index >= 15 is 0 Å². The molecule has 0 aromatic carbocycles. The topological polar surface area (TPSA) is 72.9 Å². The third-order valence-electron chi connectivity index (χ3n) is 5.42. The predicted octanol–water partition coefficient (Wildman–Crippen LogP) is 2.22. The van der Waals surface area contributed by atoms with Crippen molar-refractivity contribution in [2.45, 2.75) is 25.2 Å². The SMILES string of the molecule is COC[C@@]12CN(S(=O)(=O)c3ccsc3C(=O)OC)C[C@@H]1C(C)(C)C2. The summed E-state index contributed by atoms with van der Waals surface area (Å²) >= 11 is 1.09. The van der Waals surface area contributed by atoms with Gasteiger partial charge in [0, 0.05) is 25.6 Å². The number of esters is 1. The standard InChI is InChI=1S/C16H23NO5S2/c1-15(2)8-16(10-21-3)9-17(7-12(15)16)24(19,20)11-5-6-23-13(11)14(18)22-4/h5-6,12H,7-10H2,1-4H3/t12-,16-/m1/s1. The van der Waals surface area contributed by atoms with Gasteiger partial charge in [-0.05, 0) is 29.2 Å². The zero-order chi connectivity index (χ0) is 17.8. The van der Waals surface area contributed by atoms with Crippen LogP contribution in [0.1, 0.15) is 29.9 Å². The summed E-state index contributed by atoms with van der Waals surface area (Å²) in [5, 5.41) is 1.61. The van der Waals surface area contributed by atoms with Crippen molar-refractivity contribution in [3.8, 4) is 0 Å². The Morgan fingerprint density at radius 2 is 2.12 bits per heavy atom. The lowest BCUT2D eigenvalue weighted by Gasteiger charge is -2.56. The van der Waals surface area contributed by atoms with Crippen LogP contribution >= 0.6 is 11.3 Å². The van der Waals surface area contributed by atoms with Crippen LogP contribution in [0.15, 0.2) is 16.3 Å². The molecule has 2 atom stereocenters. The molecule has 2 heterocycles. The Morgan fingerprint density at radius 1 is 1.42 bits per heavy atom. The van der Waals surface area contributed by atoms with Crippen molar-refractivity contribution in [2.24, 2.45) is 16.7 Å². The number of thiophene rings is 1. The number of ether oxygens (including phenoxy) is 2. The molecular weight excluding hydrogens is 350 g/mol. The van der Waals surface area contributed by atoms with Crippen LogP contribution in [0.25, 0.3) is 0 Å². The van der Waals surface area contributed by atoms with Gasteiger partial charge in [0.15, 0.2) is 0 Å². The molecule has 1 aliphatic carbocycles. The van der Waals surface area contributed by atoms with Gasteiger partial charge in [0.05, 0.1) is 13.7 Å². The Labute approximate surface area is 146 Å². The van der Waals surface area contributed by atoms with Crippen LogP contribution in [0, 0.1) is 16.7 Å². The molecule has 1 aromatic rings. The quantitative estimate of drug-likeness (QED) is 0.740. The van der Waals surface area contributed by atoms with Gasteiger partial charge >= 0.3 is 5.97 Å². The van der Waals surface area contributed by atoms with Crippen molar-refractivity contribution in [1.29, 1.82) is 0 Å². The van der Waals surface area contributed by atoms with Gasteiger partial charge in [-0.3, -0.25) is 0 Å². The minimum absolute atomic E-state index is 0.0472. The van der Waals surface area contributed by atoms with Gasteiger partial charge in [-0.25, -0.2) is 13.2 Å². The molecule has 134 valence electrons. The van der Waals surface area contributed by atoms with E-state index in [4.69, 9.17) is 9.47 Å². The van der Waals surface area contributed by atoms with Crippen LogP contribution in [0.3, 0.4) is 0 Å². The fourth-order valence-electron chi connectivity index (χ4n) is 4.63. The predicted molar refractivity (Wildman–Crippen MR) is 90.6 cm³/mol. The number of nitrogens with zero attached hydrogens (tertiary/aromatic N) is 1. The van der Waals surface area contributed by atoms with E-state index in [1.165, 1.54) is 17.5 Å². The summed E-state index contributed by atoms with van der Waals surface area (Å²) in [6.45, 7) is 5.81. The molecule has 1 aromatic heterocycles. The highest BCUT2D eigenvalue weighted by molar-refractivity contribution is 7.89. The van der Waals surface area contributed by atoms with Gasteiger partial charge in [-0.15, -0.1) is 11.3 Å². The molecule has 0 unspecified atom stereocenters. The molecule has 0 bridgehead atoms. The van der Waals surface area contributed by atoms with Gasteiger partial charge in [-0.1, -0.05) is 13.8 Å². The first kappa shape index (κ1) is 17.8. The van der Waals surface area contributed by atoms with Gasteiger partial charge in [-0.2, -0.15) is 4.31 Å². The summed E-state index contributed by atoms with van der Waals surface area (Å²) in [5.41, 5.74) is -0.0185. The van der Waals surface area contributed by atoms with E-state index in [1.54, 1.807) is 12.5 Å². The maximum Gasteiger partial charge on any atom is 0.349 e. The average molecular weight is 373 g/mol. The maximum absolute atomic E-state index is 13.1. The molecule has 2 aliphatic rings. The molecule has 8 heteroatoms. The maximum atomic E-state index is 13.1. The van der Waals surface area contributed by atoms with Crippen LogP contribution in [-0.4, -0.2) is 52.6 Å². The van der Waals surface area contributed by atoms with Crippen LogP contribution in [0.5, 0.6) is 0 Å². The fourth-order valence-corrected chi connectivity index (χ4v) is 7.49. The monoisotopic (exact) mass is 373 g/mol. The van der Waals surface area contributed by atoms with Crippen LogP contribution in [0.2, 0.25) is 0 Å². The van der Waals surface area contributed by atoms with Gasteiger partial charge in [0.1, 0.15) is 9.77 Å². The molecule has 0 amide bonds. The van der Waals surface area contributed by atoms with E-state index in [0.29, 0.717) is 19.7 Å². The lowest BCUT2D eigenvalue weighted by atomic mass is 9.48. The number of fused-ring (bicyclic) bond motifs is 1. The first-order valence-corrected chi connectivity index (χ1v) is 10.1. The van der Waals surface area contributed by atoms with Gasteiger partial charge < -0.3 is 9.47 Å². The van der Waals surface area contributed by atoms with E-state index in [0.717, 1.165) is 17.8 Å². The number of carbonyl (C=O) groups is 1. The number of carbonyl (C=O) groups excluding carboxylic acids is 1. The molecular formula is C16H23NO5S2. The molecule has 6 nitrogen and oxygen atoms in total. The Kier molecular flexibility index (Phi) is 4.31. The molecule has 0 radical (unpaired) electrons. The van der Waals surface area contributed by atoms with Crippen molar-refractivity contribution in [1.82, 2.24) is 4.31 Å². The zero-order valence-electron chi connectivity index (χ0n) is 14.4. The van der Waals surface area contributed by atoms with E-state index in [-0.39, 0.29) is 26.5 Å². The number of sulfonamides is 1. The van der Waals surface area contributed by atoms with Crippen molar-refractivity contribution in [3.63, 3.8) is 0 Å². The summed E-state index contributed by atoms with van der Waals surface area (Å²) < 4.78 is 37.8. The smallest absolute Gasteiger partial charge is 0.349 e. The highest BCUT2D eigenvalue weighted by atomic mass is 32.2. The molecule has 3 rings (SSSR count). The van der Waals surface area contributed by atoms with Gasteiger partial charge in [0.2, 0.25) is 10.0 Å². The number of methoxy groups -OCH3 is 2. The first-order chi connectivity index (χ1) is 11.2. The molecule has 2 fully saturated rings. The summed E-state index contributed by atoms with van der Waals surface area (Å²) in [6, 6.07) is 1.49. The lowest BCUT2D eigenvalue weighted by molar-refractivity contribution is -0.106. The minimum atomic E-state index is -3.73. The summed E-state index contributed by atoms with van der Waals surface area (Å²) in [6.07, 6.45) is 0.942. The van der Waals surface area contributed by atoms with Crippen molar-refractivity contribution in [2.75, 3.05) is 33.9 Å². The number of hydrogen-bond acceptors (Lipinski definition) is 6. The molecule has 1 saturated carbocycles. The second-order valence-electron chi connectivity index (χ2n) is 7.42. The highest BCUT2D eigenvalue weighted by Gasteiger charge is 2.64. The van der Waals surface area contributed by atoms with E-state index < -0.39 is 16.0 Å². The van der Waals surface area contributed by atoms with Crippen molar-refractivity contribution in [3.05, 3.63) is 16.3 Å². The van der Waals surface area contributed by atoms with Crippen LogP contribution < -0.4 is 0 Å². The second-order valence-corrected chi connectivity index (χ2v) is 10.2. The molecule has 1 saturated heterocycles. The molecule has 0 N–H and O–H groups in total. The third kappa shape index (κ3) is 2.51. The molecule has 0 spiro atoms. The lowest BCUT2D eigenvalue weighted by Crippen LogP contribution is -2.55. The summed E-state index contributed by atoms with van der Waals surface area (Å²) in [5.74, 6) is -0.349. The number of hydrogen-bond donors (Lipinski definition) is 0. The summed E-state index contributed by atoms with van der Waals surface area (Å²) in [4.78, 5) is 12.0. The largest absolute Gasteiger partial charge is 0.465 e. The minimum Gasteiger partial charge on any atom is -0.465 e. The third-order valence-corrected chi connectivity index (χ3v) is 8.29. The Hall–Kier alpha value is -0.960. The normalized spacial score (nSPS) is 29.1. The summed E-state index contributed by atoms with van der Waals surface area (Å²) in [7, 11) is -0.816. The van der Waals surface area contributed by atoms with Crippen molar-refractivity contribution >= 4 is 27.3 Å². The fraction of sp³-hybridized carbons (Fsp3) is 0.688. The van der Waals surface area contributed by atoms with Gasteiger partial charge in [0.25, 0.3) is 0 Å². The van der Waals surface area contributed by atoms with Crippen LogP contribution in [0.4, 0.5) is 0 Å². The van der Waals surface area contributed by atoms with Crippen molar-refractivity contribution < 1.29 is 22.7 Å². The molecule has 1 aliphatic heterocycles.